The highest BCUT2D eigenvalue weighted by Gasteiger charge is 2.43. The minimum Gasteiger partial charge on any atom is -0.362 e. The molecule has 10 heteroatoms. The van der Waals surface area contributed by atoms with Gasteiger partial charge in [0.05, 0.1) is 15.1 Å². The van der Waals surface area contributed by atoms with Crippen LogP contribution in [0.15, 0.2) is 65.0 Å². The van der Waals surface area contributed by atoms with Crippen molar-refractivity contribution in [2.75, 3.05) is 5.32 Å². The number of fused-ring (bicyclic) bond motifs is 1. The number of nitrogens with one attached hydrogen (secondary N) is 2. The van der Waals surface area contributed by atoms with Gasteiger partial charge < -0.3 is 5.32 Å². The summed E-state index contributed by atoms with van der Waals surface area (Å²) in [5.41, 5.74) is 2.67. The van der Waals surface area contributed by atoms with Crippen molar-refractivity contribution in [3.8, 4) is 0 Å². The average molecular weight is 523 g/mol. The molecule has 1 aliphatic heterocycles. The molecule has 2 aliphatic rings. The smallest absolute Gasteiger partial charge is 0.269 e. The van der Waals surface area contributed by atoms with E-state index >= 15 is 0 Å². The van der Waals surface area contributed by atoms with Gasteiger partial charge in [0.15, 0.2) is 10.9 Å². The molecule has 0 radical (unpaired) electrons. The standard InChI is InChI=1S/C26H23ClN4O4S/c1-13-21(24(33)30-25-29-17-6-4-5-7-20(17)36-25)22(15-10-14(31(34)35)8-9-16(15)27)23-18(28-13)11-26(2,3)12-19(23)32/h4-10,22,28H,11-12H2,1-3H3,(H,29,30,33)/t22-/m0/s1. The number of ketones is 1. The highest BCUT2D eigenvalue weighted by Crippen LogP contribution is 2.48. The van der Waals surface area contributed by atoms with Gasteiger partial charge in [-0.25, -0.2) is 4.98 Å². The summed E-state index contributed by atoms with van der Waals surface area (Å²) in [5.74, 6) is -1.42. The number of dihydropyridines is 1. The Morgan fingerprint density at radius 2 is 2.00 bits per heavy atom. The second kappa shape index (κ2) is 8.83. The van der Waals surface area contributed by atoms with Crippen LogP contribution < -0.4 is 10.6 Å². The van der Waals surface area contributed by atoms with Gasteiger partial charge in [-0.1, -0.05) is 48.9 Å². The summed E-state index contributed by atoms with van der Waals surface area (Å²) in [4.78, 5) is 42.7. The molecule has 0 saturated heterocycles. The first-order valence-corrected chi connectivity index (χ1v) is 12.6. The molecule has 2 aromatic carbocycles. The van der Waals surface area contributed by atoms with Crippen LogP contribution in [0.4, 0.5) is 10.8 Å². The zero-order chi connectivity index (χ0) is 25.8. The van der Waals surface area contributed by atoms with E-state index in [1.165, 1.54) is 29.5 Å². The number of benzene rings is 2. The first kappa shape index (κ1) is 24.1. The number of Topliss-reactive ketones (excluding diaryl/α,β-unsaturated/α-hetero) is 1. The summed E-state index contributed by atoms with van der Waals surface area (Å²) < 4.78 is 0.924. The Hall–Kier alpha value is -3.56. The van der Waals surface area contributed by atoms with Gasteiger partial charge in [0.25, 0.3) is 11.6 Å². The third-order valence-corrected chi connectivity index (χ3v) is 7.80. The van der Waals surface area contributed by atoms with E-state index in [2.05, 4.69) is 15.6 Å². The quantitative estimate of drug-likeness (QED) is 0.316. The number of nitro groups is 1. The van der Waals surface area contributed by atoms with Gasteiger partial charge in [-0.3, -0.25) is 25.0 Å². The summed E-state index contributed by atoms with van der Waals surface area (Å²) in [7, 11) is 0. The van der Waals surface area contributed by atoms with Gasteiger partial charge in [-0.15, -0.1) is 0 Å². The fourth-order valence-corrected chi connectivity index (χ4v) is 6.09. The van der Waals surface area contributed by atoms with Crippen LogP contribution in [-0.2, 0) is 9.59 Å². The number of para-hydroxylation sites is 1. The van der Waals surface area contributed by atoms with E-state index < -0.39 is 16.7 Å². The zero-order valence-corrected chi connectivity index (χ0v) is 21.4. The van der Waals surface area contributed by atoms with E-state index in [4.69, 9.17) is 11.6 Å². The maximum Gasteiger partial charge on any atom is 0.269 e. The topological polar surface area (TPSA) is 114 Å². The van der Waals surface area contributed by atoms with Crippen LogP contribution in [0.2, 0.25) is 5.02 Å². The predicted octanol–water partition coefficient (Wildman–Crippen LogP) is 6.10. The van der Waals surface area contributed by atoms with Crippen molar-refractivity contribution >= 4 is 55.7 Å². The maximum absolute atomic E-state index is 13.7. The minimum atomic E-state index is -0.855. The number of aromatic nitrogens is 1. The van der Waals surface area contributed by atoms with Crippen LogP contribution in [0.25, 0.3) is 10.2 Å². The fraction of sp³-hybridized carbons (Fsp3) is 0.269. The molecule has 0 fully saturated rings. The third kappa shape index (κ3) is 4.29. The van der Waals surface area contributed by atoms with Crippen molar-refractivity contribution in [3.05, 3.63) is 85.7 Å². The Balaban J connectivity index is 1.64. The summed E-state index contributed by atoms with van der Waals surface area (Å²) in [6.07, 6.45) is 0.892. The SMILES string of the molecule is CC1=C(C(=O)Nc2nc3ccccc3s2)[C@H](c2cc([N+](=O)[O-])ccc2Cl)C2=C(CC(C)(C)CC2=O)N1. The first-order chi connectivity index (χ1) is 17.0. The van der Waals surface area contributed by atoms with Gasteiger partial charge in [0, 0.05) is 52.0 Å². The van der Waals surface area contributed by atoms with E-state index in [0.29, 0.717) is 34.8 Å². The van der Waals surface area contributed by atoms with Crippen LogP contribution in [0.3, 0.4) is 0 Å². The summed E-state index contributed by atoms with van der Waals surface area (Å²) in [6.45, 7) is 5.79. The number of rotatable bonds is 4. The molecule has 36 heavy (non-hydrogen) atoms. The van der Waals surface area contributed by atoms with Crippen LogP contribution in [-0.4, -0.2) is 21.6 Å². The molecule has 0 saturated carbocycles. The average Bonchev–Trinajstić information content (AvgIpc) is 3.19. The second-order valence-electron chi connectivity index (χ2n) is 9.83. The normalized spacial score (nSPS) is 19.2. The third-order valence-electron chi connectivity index (χ3n) is 6.50. The second-order valence-corrected chi connectivity index (χ2v) is 11.3. The molecule has 0 spiro atoms. The van der Waals surface area contributed by atoms with Crippen LogP contribution in [0.1, 0.15) is 45.1 Å². The number of hydrogen-bond acceptors (Lipinski definition) is 7. The highest BCUT2D eigenvalue weighted by molar-refractivity contribution is 7.22. The molecule has 1 atom stereocenters. The Morgan fingerprint density at radius 3 is 2.72 bits per heavy atom. The highest BCUT2D eigenvalue weighted by atomic mass is 35.5. The van der Waals surface area contributed by atoms with Gasteiger partial charge in [0.2, 0.25) is 0 Å². The van der Waals surface area contributed by atoms with E-state index in [9.17, 15) is 19.7 Å². The molecule has 0 unspecified atom stereocenters. The molecule has 1 aliphatic carbocycles. The predicted molar refractivity (Wildman–Crippen MR) is 140 cm³/mol. The van der Waals surface area contributed by atoms with Crippen molar-refractivity contribution in [3.63, 3.8) is 0 Å². The lowest BCUT2D eigenvalue weighted by Gasteiger charge is -2.39. The largest absolute Gasteiger partial charge is 0.362 e. The molecular formula is C26H23ClN4O4S. The van der Waals surface area contributed by atoms with Crippen molar-refractivity contribution < 1.29 is 14.5 Å². The monoisotopic (exact) mass is 522 g/mol. The van der Waals surface area contributed by atoms with E-state index in [0.717, 1.165) is 15.9 Å². The number of carbonyl (C=O) groups excluding carboxylic acids is 2. The summed E-state index contributed by atoms with van der Waals surface area (Å²) in [5, 5.41) is 18.4. The van der Waals surface area contributed by atoms with Gasteiger partial charge in [0.1, 0.15) is 0 Å². The maximum atomic E-state index is 13.7. The first-order valence-electron chi connectivity index (χ1n) is 11.4. The number of anilines is 1. The molecule has 1 aromatic heterocycles. The van der Waals surface area contributed by atoms with Gasteiger partial charge in [-0.2, -0.15) is 0 Å². The molecule has 2 heterocycles. The van der Waals surface area contributed by atoms with E-state index in [1.807, 2.05) is 38.1 Å². The summed E-state index contributed by atoms with van der Waals surface area (Å²) in [6, 6.07) is 11.6. The Labute approximate surface area is 216 Å². The molecule has 2 N–H and O–H groups in total. The molecule has 3 aromatic rings. The van der Waals surface area contributed by atoms with Crippen molar-refractivity contribution in [2.45, 2.75) is 39.5 Å². The Morgan fingerprint density at radius 1 is 1.25 bits per heavy atom. The number of amides is 1. The van der Waals surface area contributed by atoms with Crippen molar-refractivity contribution in [1.29, 1.82) is 0 Å². The molecule has 8 nitrogen and oxygen atoms in total. The Bertz CT molecular complexity index is 1490. The van der Waals surface area contributed by atoms with Crippen LogP contribution in [0.5, 0.6) is 0 Å². The number of nitro benzene ring substituents is 1. The van der Waals surface area contributed by atoms with E-state index in [-0.39, 0.29) is 27.5 Å². The number of carbonyl (C=O) groups is 2. The zero-order valence-electron chi connectivity index (χ0n) is 19.8. The molecule has 184 valence electrons. The Kier molecular flexibility index (Phi) is 5.92. The number of halogens is 1. The number of allylic oxidation sites excluding steroid dienone is 3. The molecule has 1 amide bonds. The molecular weight excluding hydrogens is 500 g/mol. The lowest BCUT2D eigenvalue weighted by Crippen LogP contribution is -2.39. The number of nitrogens with zero attached hydrogens (tertiary/aromatic N) is 2. The molecule has 5 rings (SSSR count). The van der Waals surface area contributed by atoms with Crippen LogP contribution >= 0.6 is 22.9 Å². The van der Waals surface area contributed by atoms with Crippen molar-refractivity contribution in [2.24, 2.45) is 5.41 Å². The molecule has 0 bridgehead atoms. The lowest BCUT2D eigenvalue weighted by molar-refractivity contribution is -0.384. The number of thiazole rings is 1. The van der Waals surface area contributed by atoms with Crippen molar-refractivity contribution in [1.82, 2.24) is 10.3 Å². The van der Waals surface area contributed by atoms with Gasteiger partial charge >= 0.3 is 0 Å². The van der Waals surface area contributed by atoms with Crippen LogP contribution in [0, 0.1) is 15.5 Å². The van der Waals surface area contributed by atoms with Gasteiger partial charge in [-0.05, 0) is 42.5 Å². The fourth-order valence-electron chi connectivity index (χ4n) is 5.00. The summed E-state index contributed by atoms with van der Waals surface area (Å²) >= 11 is 7.90. The number of hydrogen-bond donors (Lipinski definition) is 2. The number of non-ortho nitro benzene ring substituents is 1. The van der Waals surface area contributed by atoms with E-state index in [1.54, 1.807) is 6.92 Å². The minimum absolute atomic E-state index is 0.112. The lowest BCUT2D eigenvalue weighted by atomic mass is 9.68.